The van der Waals surface area contributed by atoms with Gasteiger partial charge in [0.2, 0.25) is 0 Å². The lowest BCUT2D eigenvalue weighted by atomic mass is 9.98. The summed E-state index contributed by atoms with van der Waals surface area (Å²) in [7, 11) is 3.96. The first-order valence-corrected chi connectivity index (χ1v) is 6.73. The average molecular weight is 273 g/mol. The SMILES string of the molecule is CN(Cc1nccn1C)C1COc2ccccc2C1O. The molecule has 1 aromatic carbocycles. The Morgan fingerprint density at radius 2 is 2.25 bits per heavy atom. The Hall–Kier alpha value is -1.85. The fourth-order valence-corrected chi connectivity index (χ4v) is 2.59. The first kappa shape index (κ1) is 13.1. The highest BCUT2D eigenvalue weighted by molar-refractivity contribution is 5.37. The van der Waals surface area contributed by atoms with Gasteiger partial charge in [0, 0.05) is 25.0 Å². The molecular weight excluding hydrogens is 254 g/mol. The van der Waals surface area contributed by atoms with Crippen LogP contribution in [0, 0.1) is 0 Å². The van der Waals surface area contributed by atoms with Crippen LogP contribution in [0.3, 0.4) is 0 Å². The van der Waals surface area contributed by atoms with Gasteiger partial charge in [0.25, 0.3) is 0 Å². The molecule has 0 spiro atoms. The van der Waals surface area contributed by atoms with Crippen molar-refractivity contribution in [3.63, 3.8) is 0 Å². The molecule has 0 amide bonds. The molecular formula is C15H19N3O2. The Morgan fingerprint density at radius 3 is 3.00 bits per heavy atom. The summed E-state index contributed by atoms with van der Waals surface area (Å²) in [4.78, 5) is 6.41. The van der Waals surface area contributed by atoms with Crippen molar-refractivity contribution in [2.24, 2.45) is 7.05 Å². The molecule has 20 heavy (non-hydrogen) atoms. The summed E-state index contributed by atoms with van der Waals surface area (Å²) in [5.41, 5.74) is 0.857. The second kappa shape index (κ2) is 5.26. The van der Waals surface area contributed by atoms with Gasteiger partial charge in [0.15, 0.2) is 0 Å². The highest BCUT2D eigenvalue weighted by atomic mass is 16.5. The van der Waals surface area contributed by atoms with Gasteiger partial charge in [-0.15, -0.1) is 0 Å². The molecule has 0 radical (unpaired) electrons. The molecule has 0 saturated heterocycles. The smallest absolute Gasteiger partial charge is 0.125 e. The first-order valence-electron chi connectivity index (χ1n) is 6.73. The maximum absolute atomic E-state index is 10.5. The number of nitrogens with zero attached hydrogens (tertiary/aromatic N) is 3. The molecule has 106 valence electrons. The molecule has 1 N–H and O–H groups in total. The minimum absolute atomic E-state index is 0.0680. The van der Waals surface area contributed by atoms with Crippen LogP contribution in [0.2, 0.25) is 0 Å². The highest BCUT2D eigenvalue weighted by Crippen LogP contribution is 2.33. The van der Waals surface area contributed by atoms with Crippen molar-refractivity contribution in [2.75, 3.05) is 13.7 Å². The van der Waals surface area contributed by atoms with Gasteiger partial charge in [-0.3, -0.25) is 4.90 Å². The lowest BCUT2D eigenvalue weighted by Gasteiger charge is -2.36. The minimum atomic E-state index is -0.537. The van der Waals surface area contributed by atoms with E-state index in [0.29, 0.717) is 13.2 Å². The number of aryl methyl sites for hydroxylation is 1. The minimum Gasteiger partial charge on any atom is -0.491 e. The first-order chi connectivity index (χ1) is 9.66. The summed E-state index contributed by atoms with van der Waals surface area (Å²) in [6.45, 7) is 1.16. The second-order valence-corrected chi connectivity index (χ2v) is 5.23. The van der Waals surface area contributed by atoms with E-state index >= 15 is 0 Å². The Balaban J connectivity index is 1.77. The largest absolute Gasteiger partial charge is 0.491 e. The van der Waals surface area contributed by atoms with Crippen molar-refractivity contribution in [3.05, 3.63) is 48.0 Å². The van der Waals surface area contributed by atoms with E-state index in [2.05, 4.69) is 9.88 Å². The number of aromatic nitrogens is 2. The normalized spacial score (nSPS) is 21.6. The third-order valence-electron chi connectivity index (χ3n) is 3.89. The van der Waals surface area contributed by atoms with E-state index in [1.165, 1.54) is 0 Å². The van der Waals surface area contributed by atoms with Crippen LogP contribution in [0.25, 0.3) is 0 Å². The monoisotopic (exact) mass is 273 g/mol. The number of benzene rings is 1. The molecule has 0 saturated carbocycles. The van der Waals surface area contributed by atoms with Gasteiger partial charge in [0.1, 0.15) is 24.3 Å². The predicted molar refractivity (Wildman–Crippen MR) is 75.4 cm³/mol. The predicted octanol–water partition coefficient (Wildman–Crippen LogP) is 1.35. The lowest BCUT2D eigenvalue weighted by molar-refractivity contribution is 0.0106. The fraction of sp³-hybridized carbons (Fsp3) is 0.400. The van der Waals surface area contributed by atoms with Gasteiger partial charge in [-0.05, 0) is 13.1 Å². The molecule has 5 nitrogen and oxygen atoms in total. The number of rotatable bonds is 3. The molecule has 1 aliphatic rings. The van der Waals surface area contributed by atoms with E-state index in [9.17, 15) is 5.11 Å². The Labute approximate surface area is 118 Å². The van der Waals surface area contributed by atoms with Crippen molar-refractivity contribution >= 4 is 0 Å². The van der Waals surface area contributed by atoms with Crippen LogP contribution in [0.15, 0.2) is 36.7 Å². The number of hydrogen-bond donors (Lipinski definition) is 1. The van der Waals surface area contributed by atoms with Gasteiger partial charge in [-0.1, -0.05) is 18.2 Å². The van der Waals surface area contributed by atoms with E-state index in [1.807, 2.05) is 49.1 Å². The molecule has 5 heteroatoms. The van der Waals surface area contributed by atoms with Crippen LogP contribution < -0.4 is 4.74 Å². The fourth-order valence-electron chi connectivity index (χ4n) is 2.59. The topological polar surface area (TPSA) is 50.5 Å². The molecule has 1 aromatic heterocycles. The standard InChI is InChI=1S/C15H19N3O2/c1-17-8-7-16-14(17)9-18(2)12-10-20-13-6-4-3-5-11(13)15(12)19/h3-8,12,15,19H,9-10H2,1-2H3. The second-order valence-electron chi connectivity index (χ2n) is 5.23. The molecule has 0 aliphatic carbocycles. The summed E-state index contributed by atoms with van der Waals surface area (Å²) >= 11 is 0. The van der Waals surface area contributed by atoms with Gasteiger partial charge in [0.05, 0.1) is 12.6 Å². The van der Waals surface area contributed by atoms with E-state index in [0.717, 1.165) is 17.1 Å². The number of aliphatic hydroxyl groups excluding tert-OH is 1. The van der Waals surface area contributed by atoms with Crippen molar-refractivity contribution in [3.8, 4) is 5.75 Å². The number of likely N-dealkylation sites (N-methyl/N-ethyl adjacent to an activating group) is 1. The molecule has 2 atom stereocenters. The van der Waals surface area contributed by atoms with Crippen LogP contribution in [-0.4, -0.2) is 39.3 Å². The molecule has 0 fully saturated rings. The van der Waals surface area contributed by atoms with Crippen LogP contribution in [-0.2, 0) is 13.6 Å². The van der Waals surface area contributed by atoms with Gasteiger partial charge in [-0.2, -0.15) is 0 Å². The Bertz CT molecular complexity index is 596. The van der Waals surface area contributed by atoms with Gasteiger partial charge < -0.3 is 14.4 Å². The quantitative estimate of drug-likeness (QED) is 0.917. The Morgan fingerprint density at radius 1 is 1.45 bits per heavy atom. The summed E-state index contributed by atoms with van der Waals surface area (Å²) in [6, 6.07) is 7.59. The van der Waals surface area contributed by atoms with Crippen LogP contribution in [0.5, 0.6) is 5.75 Å². The third kappa shape index (κ3) is 2.30. The summed E-state index contributed by atoms with van der Waals surface area (Å²) in [5.74, 6) is 1.75. The zero-order chi connectivity index (χ0) is 14.1. The average Bonchev–Trinajstić information content (AvgIpc) is 2.85. The summed E-state index contributed by atoms with van der Waals surface area (Å²) in [6.07, 6.45) is 3.17. The molecule has 0 bridgehead atoms. The zero-order valence-corrected chi connectivity index (χ0v) is 11.7. The van der Waals surface area contributed by atoms with Crippen LogP contribution in [0.4, 0.5) is 0 Å². The van der Waals surface area contributed by atoms with E-state index < -0.39 is 6.10 Å². The van der Waals surface area contributed by atoms with Crippen molar-refractivity contribution in [1.29, 1.82) is 0 Å². The van der Waals surface area contributed by atoms with Crippen LogP contribution in [0.1, 0.15) is 17.5 Å². The van der Waals surface area contributed by atoms with E-state index in [4.69, 9.17) is 4.74 Å². The van der Waals surface area contributed by atoms with Crippen molar-refractivity contribution in [2.45, 2.75) is 18.7 Å². The molecule has 1 aliphatic heterocycles. The van der Waals surface area contributed by atoms with E-state index in [-0.39, 0.29) is 6.04 Å². The molecule has 2 aromatic rings. The maximum Gasteiger partial charge on any atom is 0.125 e. The van der Waals surface area contributed by atoms with Crippen LogP contribution >= 0.6 is 0 Å². The number of fused-ring (bicyclic) bond motifs is 1. The maximum atomic E-state index is 10.5. The molecule has 2 heterocycles. The summed E-state index contributed by atoms with van der Waals surface area (Å²) in [5, 5.41) is 10.5. The zero-order valence-electron chi connectivity index (χ0n) is 11.7. The van der Waals surface area contributed by atoms with Crippen molar-refractivity contribution < 1.29 is 9.84 Å². The third-order valence-corrected chi connectivity index (χ3v) is 3.89. The van der Waals surface area contributed by atoms with Crippen molar-refractivity contribution in [1.82, 2.24) is 14.5 Å². The highest BCUT2D eigenvalue weighted by Gasteiger charge is 2.32. The van der Waals surface area contributed by atoms with E-state index in [1.54, 1.807) is 6.20 Å². The number of imidazole rings is 1. The molecule has 2 unspecified atom stereocenters. The molecule has 3 rings (SSSR count). The lowest BCUT2D eigenvalue weighted by Crippen LogP contribution is -2.43. The number of para-hydroxylation sites is 1. The number of aliphatic hydroxyl groups is 1. The van der Waals surface area contributed by atoms with Gasteiger partial charge in [-0.25, -0.2) is 4.98 Å². The summed E-state index contributed by atoms with van der Waals surface area (Å²) < 4.78 is 7.73. The number of hydrogen-bond acceptors (Lipinski definition) is 4. The Kier molecular flexibility index (Phi) is 3.46. The number of ether oxygens (including phenoxy) is 1. The van der Waals surface area contributed by atoms with Gasteiger partial charge >= 0.3 is 0 Å².